The van der Waals surface area contributed by atoms with Crippen molar-refractivity contribution in [1.82, 2.24) is 9.97 Å². The minimum absolute atomic E-state index is 0.114. The van der Waals surface area contributed by atoms with Crippen LogP contribution < -0.4 is 0 Å². The Morgan fingerprint density at radius 2 is 1.14 bits per heavy atom. The van der Waals surface area contributed by atoms with Gasteiger partial charge >= 0.3 is 0 Å². The molecule has 36 heavy (non-hydrogen) atoms. The van der Waals surface area contributed by atoms with Gasteiger partial charge in [-0.05, 0) is 47.9 Å². The van der Waals surface area contributed by atoms with Gasteiger partial charge in [-0.1, -0.05) is 84.4 Å². The molecule has 0 atom stereocenters. The number of benzene rings is 4. The summed E-state index contributed by atoms with van der Waals surface area (Å²) in [6.45, 7) is 1.96. The molecule has 4 nitrogen and oxygen atoms in total. The minimum atomic E-state index is -3.70. The van der Waals surface area contributed by atoms with Crippen LogP contribution in [0.2, 0.25) is 0 Å². The molecular weight excluding hydrogens is 464 g/mol. The van der Waals surface area contributed by atoms with Gasteiger partial charge in [-0.3, -0.25) is 0 Å². The zero-order valence-corrected chi connectivity index (χ0v) is 20.7. The second-order valence-corrected chi connectivity index (χ2v) is 11.3. The van der Waals surface area contributed by atoms with Crippen molar-refractivity contribution in [1.29, 1.82) is 0 Å². The van der Waals surface area contributed by atoms with E-state index < -0.39 is 15.3 Å². The Kier molecular flexibility index (Phi) is 5.31. The molecule has 0 aliphatic heterocycles. The highest BCUT2D eigenvalue weighted by Crippen LogP contribution is 2.46. The number of para-hydroxylation sites is 2. The van der Waals surface area contributed by atoms with Gasteiger partial charge in [0, 0.05) is 34.2 Å². The number of aromatic amines is 2. The summed E-state index contributed by atoms with van der Waals surface area (Å²) in [5, 5.41) is 2.01. The van der Waals surface area contributed by atoms with Crippen LogP contribution in [0.3, 0.4) is 0 Å². The summed E-state index contributed by atoms with van der Waals surface area (Å²) in [7, 11) is -3.70. The summed E-state index contributed by atoms with van der Waals surface area (Å²) in [6.07, 6.45) is 3.95. The van der Waals surface area contributed by atoms with E-state index in [0.29, 0.717) is 4.90 Å². The molecule has 0 aliphatic carbocycles. The maximum atomic E-state index is 14.2. The molecule has 5 heteroatoms. The SMILES string of the molecule is Cc1ccc(S(=O)(=O)CC(c2ccccc2)(c2c[nH]c3ccccc23)c2c[nH]c3ccccc23)cc1. The third-order valence-corrected chi connectivity index (χ3v) is 8.95. The van der Waals surface area contributed by atoms with Crippen LogP contribution in [0, 0.1) is 6.92 Å². The molecule has 178 valence electrons. The number of hydrogen-bond acceptors (Lipinski definition) is 2. The Morgan fingerprint density at radius 1 is 0.639 bits per heavy atom. The highest BCUT2D eigenvalue weighted by Gasteiger charge is 2.44. The fourth-order valence-corrected chi connectivity index (χ4v) is 7.15. The number of hydrogen-bond donors (Lipinski definition) is 2. The zero-order valence-electron chi connectivity index (χ0n) is 19.9. The Hall–Kier alpha value is -4.09. The second-order valence-electron chi connectivity index (χ2n) is 9.34. The molecule has 0 saturated heterocycles. The second kappa shape index (κ2) is 8.54. The number of aromatic nitrogens is 2. The van der Waals surface area contributed by atoms with E-state index in [2.05, 4.69) is 22.1 Å². The molecular formula is C31H26N2O2S. The van der Waals surface area contributed by atoms with E-state index in [4.69, 9.17) is 0 Å². The average molecular weight is 491 g/mol. The van der Waals surface area contributed by atoms with Gasteiger partial charge in [-0.25, -0.2) is 8.42 Å². The molecule has 0 aliphatic rings. The van der Waals surface area contributed by atoms with Crippen molar-refractivity contribution in [2.45, 2.75) is 17.2 Å². The summed E-state index contributed by atoms with van der Waals surface area (Å²) < 4.78 is 28.3. The van der Waals surface area contributed by atoms with Gasteiger partial charge in [0.2, 0.25) is 0 Å². The van der Waals surface area contributed by atoms with Crippen LogP contribution >= 0.6 is 0 Å². The molecule has 0 bridgehead atoms. The molecule has 0 amide bonds. The molecule has 0 spiro atoms. The van der Waals surface area contributed by atoms with Gasteiger partial charge in [0.1, 0.15) is 0 Å². The van der Waals surface area contributed by atoms with E-state index in [1.165, 1.54) is 0 Å². The lowest BCUT2D eigenvalue weighted by Crippen LogP contribution is -2.37. The highest BCUT2D eigenvalue weighted by molar-refractivity contribution is 7.91. The van der Waals surface area contributed by atoms with Crippen LogP contribution in [0.4, 0.5) is 0 Å². The predicted octanol–water partition coefficient (Wildman–Crippen LogP) is 6.77. The van der Waals surface area contributed by atoms with Crippen molar-refractivity contribution in [3.63, 3.8) is 0 Å². The van der Waals surface area contributed by atoms with Crippen molar-refractivity contribution >= 4 is 31.6 Å². The largest absolute Gasteiger partial charge is 0.361 e. The maximum Gasteiger partial charge on any atom is 0.179 e. The fraction of sp³-hybridized carbons (Fsp3) is 0.0968. The van der Waals surface area contributed by atoms with Gasteiger partial charge in [-0.2, -0.15) is 0 Å². The third-order valence-electron chi connectivity index (χ3n) is 7.15. The lowest BCUT2D eigenvalue weighted by molar-refractivity contribution is 0.579. The van der Waals surface area contributed by atoms with Gasteiger partial charge in [0.15, 0.2) is 9.84 Å². The molecule has 2 aromatic heterocycles. The predicted molar refractivity (Wildman–Crippen MR) is 146 cm³/mol. The Bertz CT molecular complexity index is 1710. The number of aryl methyl sites for hydroxylation is 1. The molecule has 6 aromatic rings. The quantitative estimate of drug-likeness (QED) is 0.271. The van der Waals surface area contributed by atoms with E-state index in [0.717, 1.165) is 44.1 Å². The smallest absolute Gasteiger partial charge is 0.179 e. The van der Waals surface area contributed by atoms with Crippen molar-refractivity contribution in [2.75, 3.05) is 5.75 Å². The fourth-order valence-electron chi connectivity index (χ4n) is 5.38. The van der Waals surface area contributed by atoms with Crippen LogP contribution in [0.1, 0.15) is 22.3 Å². The van der Waals surface area contributed by atoms with E-state index in [-0.39, 0.29) is 5.75 Å². The van der Waals surface area contributed by atoms with Crippen LogP contribution in [0.15, 0.2) is 120 Å². The summed E-state index contributed by atoms with van der Waals surface area (Å²) in [6, 6.07) is 33.3. The van der Waals surface area contributed by atoms with Crippen molar-refractivity contribution < 1.29 is 8.42 Å². The van der Waals surface area contributed by atoms with E-state index in [1.807, 2.05) is 98.2 Å². The lowest BCUT2D eigenvalue weighted by atomic mass is 9.70. The standard InChI is InChI=1S/C31H26N2O2S/c1-22-15-17-24(18-16-22)36(34,35)21-31(23-9-3-2-4-10-23,27-19-32-29-13-7-5-11-25(27)29)28-20-33-30-14-8-6-12-26(28)30/h2-20,32-33H,21H2,1H3. The number of fused-ring (bicyclic) bond motifs is 2. The highest BCUT2D eigenvalue weighted by atomic mass is 32.2. The van der Waals surface area contributed by atoms with Crippen LogP contribution in [0.25, 0.3) is 21.8 Å². The first-order chi connectivity index (χ1) is 17.5. The van der Waals surface area contributed by atoms with Crippen molar-refractivity contribution in [2.24, 2.45) is 0 Å². The Balaban J connectivity index is 1.72. The topological polar surface area (TPSA) is 65.7 Å². The molecule has 2 N–H and O–H groups in total. The zero-order chi connectivity index (χ0) is 24.8. The lowest BCUT2D eigenvalue weighted by Gasteiger charge is -2.35. The molecule has 0 saturated carbocycles. The average Bonchev–Trinajstić information content (AvgIpc) is 3.53. The summed E-state index contributed by atoms with van der Waals surface area (Å²) in [5.74, 6) is -0.114. The Morgan fingerprint density at radius 3 is 1.69 bits per heavy atom. The number of rotatable bonds is 6. The van der Waals surface area contributed by atoms with E-state index in [1.54, 1.807) is 12.1 Å². The molecule has 6 rings (SSSR count). The van der Waals surface area contributed by atoms with Crippen LogP contribution in [0.5, 0.6) is 0 Å². The first-order valence-electron chi connectivity index (χ1n) is 12.0. The normalized spacial score (nSPS) is 12.4. The van der Waals surface area contributed by atoms with Crippen molar-refractivity contribution in [3.05, 3.63) is 138 Å². The molecule has 0 unspecified atom stereocenters. The van der Waals surface area contributed by atoms with E-state index in [9.17, 15) is 8.42 Å². The first kappa shape index (κ1) is 22.4. The monoisotopic (exact) mass is 490 g/mol. The molecule has 0 radical (unpaired) electrons. The molecule has 4 aromatic carbocycles. The van der Waals surface area contributed by atoms with Crippen LogP contribution in [-0.2, 0) is 15.3 Å². The summed E-state index contributed by atoms with van der Waals surface area (Å²) in [4.78, 5) is 7.13. The van der Waals surface area contributed by atoms with Gasteiger partial charge in [0.25, 0.3) is 0 Å². The van der Waals surface area contributed by atoms with E-state index >= 15 is 0 Å². The van der Waals surface area contributed by atoms with Gasteiger partial charge in [-0.15, -0.1) is 0 Å². The summed E-state index contributed by atoms with van der Waals surface area (Å²) in [5.41, 5.74) is 4.80. The van der Waals surface area contributed by atoms with Gasteiger partial charge in [0.05, 0.1) is 16.1 Å². The summed E-state index contributed by atoms with van der Waals surface area (Å²) >= 11 is 0. The van der Waals surface area contributed by atoms with Crippen molar-refractivity contribution in [3.8, 4) is 0 Å². The number of sulfone groups is 1. The molecule has 0 fully saturated rings. The molecule has 2 heterocycles. The first-order valence-corrected chi connectivity index (χ1v) is 13.6. The number of H-pyrrole nitrogens is 2. The Labute approximate surface area is 210 Å². The maximum absolute atomic E-state index is 14.2. The minimum Gasteiger partial charge on any atom is -0.361 e. The van der Waals surface area contributed by atoms with Crippen LogP contribution in [-0.4, -0.2) is 24.1 Å². The number of nitrogens with one attached hydrogen (secondary N) is 2. The van der Waals surface area contributed by atoms with Gasteiger partial charge < -0.3 is 9.97 Å². The third kappa shape index (κ3) is 3.55.